The van der Waals surface area contributed by atoms with Crippen molar-refractivity contribution in [1.82, 2.24) is 5.32 Å². The summed E-state index contributed by atoms with van der Waals surface area (Å²) in [5.41, 5.74) is 6.18. The van der Waals surface area contributed by atoms with Crippen molar-refractivity contribution >= 4 is 33.4 Å². The van der Waals surface area contributed by atoms with Crippen LogP contribution in [0.25, 0.3) is 0 Å². The average molecular weight is 320 g/mol. The summed E-state index contributed by atoms with van der Waals surface area (Å²) in [6.07, 6.45) is 0. The number of hydrogen-bond donors (Lipinski definition) is 2. The van der Waals surface area contributed by atoms with Crippen LogP contribution in [-0.4, -0.2) is 12.5 Å². The van der Waals surface area contributed by atoms with E-state index >= 15 is 0 Å². The first-order valence-corrected chi connectivity index (χ1v) is 6.56. The lowest BCUT2D eigenvalue weighted by Crippen LogP contribution is -2.35. The Labute approximate surface area is 115 Å². The maximum atomic E-state index is 11.5. The van der Waals surface area contributed by atoms with Gasteiger partial charge in [-0.2, -0.15) is 0 Å². The first-order chi connectivity index (χ1) is 7.91. The molecule has 5 heteroatoms. The lowest BCUT2D eigenvalue weighted by molar-refractivity contribution is -0.120. The van der Waals surface area contributed by atoms with E-state index in [0.717, 1.165) is 10.0 Å². The third-order valence-corrected chi connectivity index (χ3v) is 3.24. The highest BCUT2D eigenvalue weighted by atomic mass is 79.9. The van der Waals surface area contributed by atoms with E-state index in [1.54, 1.807) is 12.1 Å². The predicted molar refractivity (Wildman–Crippen MR) is 73.9 cm³/mol. The maximum Gasteiger partial charge on any atom is 0.239 e. The van der Waals surface area contributed by atoms with Crippen LogP contribution >= 0.6 is 27.5 Å². The molecule has 3 N–H and O–H groups in total. The van der Waals surface area contributed by atoms with E-state index in [-0.39, 0.29) is 0 Å². The number of halogens is 2. The first-order valence-electron chi connectivity index (χ1n) is 5.39. The lowest BCUT2D eigenvalue weighted by atomic mass is 10.1. The number of hydrogen-bond acceptors (Lipinski definition) is 2. The Morgan fingerprint density at radius 3 is 2.71 bits per heavy atom. The lowest BCUT2D eigenvalue weighted by Gasteiger charge is -2.18. The minimum atomic E-state index is -0.523. The van der Waals surface area contributed by atoms with Gasteiger partial charge in [-0.25, -0.2) is 0 Å². The monoisotopic (exact) mass is 318 g/mol. The Kier molecular flexibility index (Phi) is 5.43. The van der Waals surface area contributed by atoms with Crippen molar-refractivity contribution in [2.45, 2.75) is 19.9 Å². The summed E-state index contributed by atoms with van der Waals surface area (Å²) in [6.45, 7) is 4.85. The van der Waals surface area contributed by atoms with Crippen LogP contribution in [-0.2, 0) is 4.79 Å². The van der Waals surface area contributed by atoms with E-state index < -0.39 is 11.9 Å². The normalized spacial score (nSPS) is 12.8. The van der Waals surface area contributed by atoms with Crippen molar-refractivity contribution in [3.63, 3.8) is 0 Å². The molecule has 1 aromatic carbocycles. The molecular formula is C12H16BrClN2O. The molecule has 94 valence electrons. The fourth-order valence-corrected chi connectivity index (χ4v) is 2.11. The number of nitrogens with two attached hydrogens (primary N) is 1. The second-order valence-electron chi connectivity index (χ2n) is 4.30. The summed E-state index contributed by atoms with van der Waals surface area (Å²) < 4.78 is 0.821. The van der Waals surface area contributed by atoms with E-state index in [1.165, 1.54) is 0 Å². The van der Waals surface area contributed by atoms with Gasteiger partial charge >= 0.3 is 0 Å². The fraction of sp³-hybridized carbons (Fsp3) is 0.417. The quantitative estimate of drug-likeness (QED) is 0.877. The first kappa shape index (κ1) is 14.5. The molecule has 1 unspecified atom stereocenters. The van der Waals surface area contributed by atoms with Gasteiger partial charge < -0.3 is 11.1 Å². The van der Waals surface area contributed by atoms with Crippen LogP contribution in [0.15, 0.2) is 22.7 Å². The second-order valence-corrected chi connectivity index (χ2v) is 5.59. The Morgan fingerprint density at radius 2 is 2.18 bits per heavy atom. The van der Waals surface area contributed by atoms with Crippen LogP contribution in [0.5, 0.6) is 0 Å². The van der Waals surface area contributed by atoms with Gasteiger partial charge in [0.05, 0.1) is 0 Å². The zero-order valence-corrected chi connectivity index (χ0v) is 12.2. The van der Waals surface area contributed by atoms with Crippen LogP contribution in [0.1, 0.15) is 25.5 Å². The summed E-state index contributed by atoms with van der Waals surface area (Å²) in [4.78, 5) is 11.5. The third kappa shape index (κ3) is 4.30. The van der Waals surface area contributed by atoms with E-state index in [9.17, 15) is 4.79 Å². The molecule has 0 aromatic heterocycles. The number of primary amides is 1. The topological polar surface area (TPSA) is 55.1 Å². The standard InChI is InChI=1S/C12H16BrClN2O/c1-7(2)6-16-11(12(15)17)9-5-8(14)3-4-10(9)13/h3-5,7,11,16H,6H2,1-2H3,(H2,15,17). The number of carbonyl (C=O) groups is 1. The van der Waals surface area contributed by atoms with Crippen LogP contribution in [0, 0.1) is 5.92 Å². The maximum absolute atomic E-state index is 11.5. The number of benzene rings is 1. The van der Waals surface area contributed by atoms with Gasteiger partial charge in [0.25, 0.3) is 0 Å². The predicted octanol–water partition coefficient (Wildman–Crippen LogP) is 2.87. The SMILES string of the molecule is CC(C)CNC(C(N)=O)c1cc(Cl)ccc1Br. The Balaban J connectivity index is 2.97. The highest BCUT2D eigenvalue weighted by Crippen LogP contribution is 2.26. The molecule has 17 heavy (non-hydrogen) atoms. The van der Waals surface area contributed by atoms with Gasteiger partial charge in [0.1, 0.15) is 6.04 Å². The smallest absolute Gasteiger partial charge is 0.239 e. The van der Waals surface area contributed by atoms with Crippen molar-refractivity contribution in [3.05, 3.63) is 33.3 Å². The number of carbonyl (C=O) groups excluding carboxylic acids is 1. The molecule has 0 bridgehead atoms. The molecule has 0 fully saturated rings. The van der Waals surface area contributed by atoms with Gasteiger partial charge in [-0.15, -0.1) is 0 Å². The molecule has 0 aliphatic rings. The number of nitrogens with one attached hydrogen (secondary N) is 1. The van der Waals surface area contributed by atoms with Crippen molar-refractivity contribution in [2.75, 3.05) is 6.54 Å². The molecule has 0 saturated heterocycles. The molecule has 0 radical (unpaired) electrons. The number of amides is 1. The fourth-order valence-electron chi connectivity index (χ4n) is 1.45. The zero-order valence-electron chi connectivity index (χ0n) is 9.84. The number of rotatable bonds is 5. The second kappa shape index (κ2) is 6.38. The molecule has 1 aromatic rings. The van der Waals surface area contributed by atoms with Crippen LogP contribution in [0.2, 0.25) is 5.02 Å². The molecule has 0 saturated carbocycles. The van der Waals surface area contributed by atoms with Crippen molar-refractivity contribution in [3.8, 4) is 0 Å². The van der Waals surface area contributed by atoms with Gasteiger partial charge in [0, 0.05) is 9.50 Å². The molecule has 3 nitrogen and oxygen atoms in total. The van der Waals surface area contributed by atoms with E-state index in [2.05, 4.69) is 35.1 Å². The molecule has 0 aliphatic heterocycles. The van der Waals surface area contributed by atoms with Crippen molar-refractivity contribution in [2.24, 2.45) is 11.7 Å². The molecular weight excluding hydrogens is 304 g/mol. The van der Waals surface area contributed by atoms with E-state index in [0.29, 0.717) is 17.5 Å². The van der Waals surface area contributed by atoms with E-state index in [4.69, 9.17) is 17.3 Å². The van der Waals surface area contributed by atoms with E-state index in [1.807, 2.05) is 6.07 Å². The summed E-state index contributed by atoms with van der Waals surface area (Å²) in [5, 5.41) is 3.72. The molecule has 1 amide bonds. The Bertz CT molecular complexity index is 409. The Morgan fingerprint density at radius 1 is 1.53 bits per heavy atom. The molecule has 1 atom stereocenters. The van der Waals surface area contributed by atoms with Crippen molar-refractivity contribution in [1.29, 1.82) is 0 Å². The van der Waals surface area contributed by atoms with Gasteiger partial charge in [-0.3, -0.25) is 4.79 Å². The summed E-state index contributed by atoms with van der Waals surface area (Å²) in [5.74, 6) is 0.0310. The largest absolute Gasteiger partial charge is 0.368 e. The van der Waals surface area contributed by atoms with Gasteiger partial charge in [-0.05, 0) is 36.2 Å². The average Bonchev–Trinajstić information content (AvgIpc) is 2.22. The van der Waals surface area contributed by atoms with Crippen LogP contribution in [0.4, 0.5) is 0 Å². The minimum Gasteiger partial charge on any atom is -0.368 e. The molecule has 0 spiro atoms. The highest BCUT2D eigenvalue weighted by molar-refractivity contribution is 9.10. The van der Waals surface area contributed by atoms with Crippen LogP contribution < -0.4 is 11.1 Å². The van der Waals surface area contributed by atoms with Gasteiger partial charge in [0.2, 0.25) is 5.91 Å². The summed E-state index contributed by atoms with van der Waals surface area (Å²) in [6, 6.07) is 4.79. The Hall–Kier alpha value is -0.580. The zero-order chi connectivity index (χ0) is 13.0. The van der Waals surface area contributed by atoms with Crippen LogP contribution in [0.3, 0.4) is 0 Å². The summed E-state index contributed by atoms with van der Waals surface area (Å²) >= 11 is 9.33. The summed E-state index contributed by atoms with van der Waals surface area (Å²) in [7, 11) is 0. The molecule has 0 heterocycles. The highest BCUT2D eigenvalue weighted by Gasteiger charge is 2.20. The minimum absolute atomic E-state index is 0.409. The van der Waals surface area contributed by atoms with Crippen molar-refractivity contribution < 1.29 is 4.79 Å². The molecule has 0 aliphatic carbocycles. The van der Waals surface area contributed by atoms with Gasteiger partial charge in [0.15, 0.2) is 0 Å². The van der Waals surface area contributed by atoms with Gasteiger partial charge in [-0.1, -0.05) is 41.4 Å². The molecule has 1 rings (SSSR count). The third-order valence-electron chi connectivity index (χ3n) is 2.28.